The van der Waals surface area contributed by atoms with Crippen LogP contribution in [0.5, 0.6) is 11.5 Å². The van der Waals surface area contributed by atoms with E-state index in [1.54, 1.807) is 0 Å². The van der Waals surface area contributed by atoms with Crippen LogP contribution in [0.3, 0.4) is 0 Å². The summed E-state index contributed by atoms with van der Waals surface area (Å²) in [5.74, 6) is 2.46. The minimum Gasteiger partial charge on any atom is -0.491 e. The monoisotopic (exact) mass is 272 g/mol. The maximum atomic E-state index is 5.94. The van der Waals surface area contributed by atoms with Gasteiger partial charge in [-0.25, -0.2) is 0 Å². The fourth-order valence-corrected chi connectivity index (χ4v) is 3.54. The van der Waals surface area contributed by atoms with E-state index in [2.05, 4.69) is 6.92 Å². The van der Waals surface area contributed by atoms with Crippen molar-refractivity contribution in [1.29, 1.82) is 0 Å². The van der Waals surface area contributed by atoms with Crippen LogP contribution in [0.1, 0.15) is 20.3 Å². The van der Waals surface area contributed by atoms with E-state index in [1.807, 2.05) is 31.2 Å². The third kappa shape index (κ3) is 5.46. The van der Waals surface area contributed by atoms with Crippen molar-refractivity contribution in [2.45, 2.75) is 32.0 Å². The fourth-order valence-electron chi connectivity index (χ4n) is 1.62. The number of rotatable bonds is 8. The van der Waals surface area contributed by atoms with Gasteiger partial charge in [0, 0.05) is 5.88 Å². The number of benzene rings is 1. The van der Waals surface area contributed by atoms with Gasteiger partial charge in [0.15, 0.2) is 11.5 Å². The van der Waals surface area contributed by atoms with E-state index in [-0.39, 0.29) is 9.52 Å². The summed E-state index contributed by atoms with van der Waals surface area (Å²) in [4.78, 5) is 0. The highest BCUT2D eigenvalue weighted by Crippen LogP contribution is 2.27. The predicted molar refractivity (Wildman–Crippen MR) is 76.4 cm³/mol. The molecule has 1 aromatic carbocycles. The molecule has 0 amide bonds. The van der Waals surface area contributed by atoms with Crippen LogP contribution < -0.4 is 9.47 Å². The standard InChI is InChI=1S/C13H21ClO2Si/c1-3-15-12-7-4-5-8-13(12)16-11(2)17-10-6-9-14/h4-5,7-8,11H,3,6,9-10,17H2,1-2H3. The topological polar surface area (TPSA) is 18.5 Å². The number of ether oxygens (including phenoxy) is 2. The Kier molecular flexibility index (Phi) is 7.13. The molecule has 0 radical (unpaired) electrons. The van der Waals surface area contributed by atoms with Crippen molar-refractivity contribution in [3.8, 4) is 11.5 Å². The van der Waals surface area contributed by atoms with Gasteiger partial charge in [0.25, 0.3) is 0 Å². The zero-order valence-electron chi connectivity index (χ0n) is 10.6. The van der Waals surface area contributed by atoms with Crippen LogP contribution in [0.2, 0.25) is 6.04 Å². The number of hydrogen-bond acceptors (Lipinski definition) is 2. The molecule has 0 N–H and O–H groups in total. The second-order valence-electron chi connectivity index (χ2n) is 3.99. The van der Waals surface area contributed by atoms with Crippen LogP contribution in [-0.2, 0) is 0 Å². The minimum absolute atomic E-state index is 0.211. The molecular weight excluding hydrogens is 252 g/mol. The first-order valence-electron chi connectivity index (χ1n) is 6.22. The van der Waals surface area contributed by atoms with Crippen molar-refractivity contribution in [1.82, 2.24) is 0 Å². The summed E-state index contributed by atoms with van der Waals surface area (Å²) in [7, 11) is -0.211. The van der Waals surface area contributed by atoms with Crippen molar-refractivity contribution in [2.24, 2.45) is 0 Å². The van der Waals surface area contributed by atoms with Gasteiger partial charge in [0.05, 0.1) is 21.9 Å². The lowest BCUT2D eigenvalue weighted by atomic mass is 10.3. The Balaban J connectivity index is 2.48. The lowest BCUT2D eigenvalue weighted by Gasteiger charge is -2.16. The molecule has 0 aliphatic heterocycles. The van der Waals surface area contributed by atoms with Gasteiger partial charge in [0.1, 0.15) is 0 Å². The highest BCUT2D eigenvalue weighted by Gasteiger charge is 2.08. The van der Waals surface area contributed by atoms with Gasteiger partial charge in [-0.05, 0) is 32.4 Å². The average Bonchev–Trinajstić information content (AvgIpc) is 2.32. The molecule has 0 fully saturated rings. The third-order valence-corrected chi connectivity index (χ3v) is 4.63. The molecule has 0 spiro atoms. The number of alkyl halides is 1. The summed E-state index contributed by atoms with van der Waals surface area (Å²) in [6.45, 7) is 4.79. The molecule has 0 heterocycles. The van der Waals surface area contributed by atoms with E-state index >= 15 is 0 Å². The van der Waals surface area contributed by atoms with E-state index in [0.717, 1.165) is 23.8 Å². The van der Waals surface area contributed by atoms with Crippen LogP contribution in [-0.4, -0.2) is 27.7 Å². The number of hydrogen-bond donors (Lipinski definition) is 0. The van der Waals surface area contributed by atoms with Crippen LogP contribution in [0.25, 0.3) is 0 Å². The summed E-state index contributed by atoms with van der Waals surface area (Å²) in [6.07, 6.45) is 1.11. The number of para-hydroxylation sites is 2. The van der Waals surface area contributed by atoms with Crippen molar-refractivity contribution in [3.05, 3.63) is 24.3 Å². The van der Waals surface area contributed by atoms with Gasteiger partial charge in [-0.2, -0.15) is 0 Å². The van der Waals surface area contributed by atoms with Crippen molar-refractivity contribution in [2.75, 3.05) is 12.5 Å². The molecule has 0 bridgehead atoms. The molecule has 96 valence electrons. The summed E-state index contributed by atoms with van der Waals surface area (Å²) in [5, 5.41) is 0. The molecule has 0 aliphatic carbocycles. The first-order valence-corrected chi connectivity index (χ1v) is 8.57. The van der Waals surface area contributed by atoms with E-state index in [1.165, 1.54) is 6.04 Å². The lowest BCUT2D eigenvalue weighted by Crippen LogP contribution is -2.20. The van der Waals surface area contributed by atoms with E-state index < -0.39 is 0 Å². The Morgan fingerprint density at radius 2 is 2.00 bits per heavy atom. The minimum atomic E-state index is -0.211. The molecule has 0 saturated heterocycles. The molecule has 0 saturated carbocycles. The van der Waals surface area contributed by atoms with E-state index in [4.69, 9.17) is 21.1 Å². The highest BCUT2D eigenvalue weighted by atomic mass is 35.5. The molecule has 0 aliphatic rings. The zero-order valence-corrected chi connectivity index (χ0v) is 12.8. The van der Waals surface area contributed by atoms with Gasteiger partial charge >= 0.3 is 0 Å². The largest absolute Gasteiger partial charge is 0.491 e. The van der Waals surface area contributed by atoms with Crippen LogP contribution in [0.4, 0.5) is 0 Å². The van der Waals surface area contributed by atoms with Crippen molar-refractivity contribution < 1.29 is 9.47 Å². The summed E-state index contributed by atoms with van der Waals surface area (Å²) in [5.41, 5.74) is 0.333. The first kappa shape index (κ1) is 14.4. The fraction of sp³-hybridized carbons (Fsp3) is 0.538. The Bertz CT molecular complexity index is 320. The van der Waals surface area contributed by atoms with Gasteiger partial charge in [-0.15, -0.1) is 11.6 Å². The van der Waals surface area contributed by atoms with Crippen LogP contribution in [0.15, 0.2) is 24.3 Å². The molecule has 1 unspecified atom stereocenters. The molecule has 0 aromatic heterocycles. The Labute approximate surface area is 111 Å². The van der Waals surface area contributed by atoms with Crippen molar-refractivity contribution >= 4 is 21.1 Å². The molecule has 1 atom stereocenters. The molecular formula is C13H21ClO2Si. The smallest absolute Gasteiger partial charge is 0.161 e. The summed E-state index contributed by atoms with van der Waals surface area (Å²) < 4.78 is 11.5. The maximum absolute atomic E-state index is 5.94. The Morgan fingerprint density at radius 1 is 1.29 bits per heavy atom. The summed E-state index contributed by atoms with van der Waals surface area (Å²) >= 11 is 5.67. The molecule has 2 nitrogen and oxygen atoms in total. The molecule has 1 aromatic rings. The van der Waals surface area contributed by atoms with Crippen LogP contribution >= 0.6 is 11.6 Å². The summed E-state index contributed by atoms with van der Waals surface area (Å²) in [6, 6.07) is 9.10. The Hall–Kier alpha value is -0.673. The normalized spacial score (nSPS) is 12.9. The van der Waals surface area contributed by atoms with Crippen molar-refractivity contribution in [3.63, 3.8) is 0 Å². The Morgan fingerprint density at radius 3 is 2.65 bits per heavy atom. The number of halogens is 1. The van der Waals surface area contributed by atoms with Gasteiger partial charge < -0.3 is 9.47 Å². The first-order chi connectivity index (χ1) is 8.27. The maximum Gasteiger partial charge on any atom is 0.161 e. The highest BCUT2D eigenvalue weighted by molar-refractivity contribution is 6.37. The quantitative estimate of drug-likeness (QED) is 0.411. The van der Waals surface area contributed by atoms with Crippen LogP contribution in [0, 0.1) is 0 Å². The lowest BCUT2D eigenvalue weighted by molar-refractivity contribution is 0.263. The van der Waals surface area contributed by atoms with E-state index in [0.29, 0.717) is 12.3 Å². The third-order valence-electron chi connectivity index (χ3n) is 2.47. The van der Waals surface area contributed by atoms with E-state index in [9.17, 15) is 0 Å². The zero-order chi connectivity index (χ0) is 12.5. The molecule has 1 rings (SSSR count). The molecule has 17 heavy (non-hydrogen) atoms. The van der Waals surface area contributed by atoms with Gasteiger partial charge in [0.2, 0.25) is 0 Å². The van der Waals surface area contributed by atoms with Gasteiger partial charge in [-0.1, -0.05) is 18.2 Å². The van der Waals surface area contributed by atoms with Gasteiger partial charge in [-0.3, -0.25) is 0 Å². The second kappa shape index (κ2) is 8.42. The molecule has 4 heteroatoms. The average molecular weight is 273 g/mol. The second-order valence-corrected chi connectivity index (χ2v) is 6.81. The SMILES string of the molecule is CCOc1ccccc1OC(C)[SiH2]CCCCl. The predicted octanol–water partition coefficient (Wildman–Crippen LogP) is 3.03.